The number of carbonyl (C=O) groups excluding carboxylic acids is 1. The maximum absolute atomic E-state index is 11.6. The van der Waals surface area contributed by atoms with Crippen molar-refractivity contribution in [3.8, 4) is 0 Å². The molecule has 2 aliphatic heterocycles. The molecule has 0 aromatic heterocycles. The summed E-state index contributed by atoms with van der Waals surface area (Å²) in [4.78, 5) is 11.6. The summed E-state index contributed by atoms with van der Waals surface area (Å²) < 4.78 is 10.7. The van der Waals surface area contributed by atoms with Crippen LogP contribution in [0.25, 0.3) is 0 Å². The third-order valence-corrected chi connectivity index (χ3v) is 2.67. The Bertz CT molecular complexity index is 239. The minimum Gasteiger partial charge on any atom is -0.490 e. The first-order valence-corrected chi connectivity index (χ1v) is 5.34. The van der Waals surface area contributed by atoms with Crippen molar-refractivity contribution in [3.05, 3.63) is 11.8 Å². The predicted octanol–water partition coefficient (Wildman–Crippen LogP) is 1.82. The van der Waals surface area contributed by atoms with Gasteiger partial charge in [-0.3, -0.25) is 4.79 Å². The lowest BCUT2D eigenvalue weighted by Gasteiger charge is -2.21. The highest BCUT2D eigenvalue weighted by molar-refractivity contribution is 5.94. The summed E-state index contributed by atoms with van der Waals surface area (Å²) in [6, 6.07) is 0. The quantitative estimate of drug-likeness (QED) is 0.690. The van der Waals surface area contributed by atoms with Crippen LogP contribution in [0.2, 0.25) is 0 Å². The molecule has 0 aromatic rings. The molecule has 0 saturated carbocycles. The van der Waals surface area contributed by atoms with Gasteiger partial charge in [-0.2, -0.15) is 0 Å². The lowest BCUT2D eigenvalue weighted by atomic mass is 10.0. The highest BCUT2D eigenvalue weighted by Crippen LogP contribution is 2.19. The number of ether oxygens (including phenoxy) is 2. The summed E-state index contributed by atoms with van der Waals surface area (Å²) in [7, 11) is 0. The predicted molar refractivity (Wildman–Crippen MR) is 51.9 cm³/mol. The molecule has 0 amide bonds. The van der Waals surface area contributed by atoms with E-state index in [1.54, 1.807) is 0 Å². The smallest absolute Gasteiger partial charge is 0.199 e. The number of ketones is 1. The van der Waals surface area contributed by atoms with Crippen molar-refractivity contribution in [2.75, 3.05) is 13.2 Å². The SMILES string of the molecule is O=C(CC1CCCCO1)C1=CCCO1. The van der Waals surface area contributed by atoms with Crippen molar-refractivity contribution in [3.63, 3.8) is 0 Å². The largest absolute Gasteiger partial charge is 0.490 e. The third-order valence-electron chi connectivity index (χ3n) is 2.67. The second-order valence-electron chi connectivity index (χ2n) is 3.82. The molecular weight excluding hydrogens is 180 g/mol. The molecule has 0 spiro atoms. The minimum atomic E-state index is 0.106. The van der Waals surface area contributed by atoms with E-state index in [0.29, 0.717) is 18.8 Å². The number of rotatable bonds is 3. The third kappa shape index (κ3) is 2.35. The number of hydrogen-bond donors (Lipinski definition) is 0. The van der Waals surface area contributed by atoms with Crippen molar-refractivity contribution < 1.29 is 14.3 Å². The van der Waals surface area contributed by atoms with Gasteiger partial charge in [0.15, 0.2) is 11.5 Å². The minimum absolute atomic E-state index is 0.106. The lowest BCUT2D eigenvalue weighted by molar-refractivity contribution is -0.122. The Labute approximate surface area is 84.1 Å². The zero-order valence-electron chi connectivity index (χ0n) is 8.33. The Hall–Kier alpha value is -0.830. The van der Waals surface area contributed by atoms with E-state index < -0.39 is 0 Å². The Morgan fingerprint density at radius 1 is 1.43 bits per heavy atom. The van der Waals surface area contributed by atoms with Crippen LogP contribution in [0, 0.1) is 0 Å². The first-order chi connectivity index (χ1) is 6.86. The van der Waals surface area contributed by atoms with Gasteiger partial charge in [-0.15, -0.1) is 0 Å². The maximum atomic E-state index is 11.6. The number of Topliss-reactive ketones (excluding diaryl/α,β-unsaturated/α-hetero) is 1. The zero-order chi connectivity index (χ0) is 9.80. The van der Waals surface area contributed by atoms with E-state index in [4.69, 9.17) is 9.47 Å². The molecule has 0 radical (unpaired) electrons. The molecule has 0 N–H and O–H groups in total. The molecule has 1 fully saturated rings. The van der Waals surface area contributed by atoms with Crippen molar-refractivity contribution in [2.24, 2.45) is 0 Å². The van der Waals surface area contributed by atoms with Crippen LogP contribution in [0.15, 0.2) is 11.8 Å². The van der Waals surface area contributed by atoms with E-state index in [1.165, 1.54) is 6.42 Å². The van der Waals surface area contributed by atoms with Crippen LogP contribution >= 0.6 is 0 Å². The number of carbonyl (C=O) groups is 1. The summed E-state index contributed by atoms with van der Waals surface area (Å²) in [6.07, 6.45) is 6.69. The maximum Gasteiger partial charge on any atom is 0.199 e. The number of allylic oxidation sites excluding steroid dienone is 1. The first-order valence-electron chi connectivity index (χ1n) is 5.34. The van der Waals surface area contributed by atoms with Gasteiger partial charge < -0.3 is 9.47 Å². The van der Waals surface area contributed by atoms with E-state index in [2.05, 4.69) is 0 Å². The summed E-state index contributed by atoms with van der Waals surface area (Å²) in [5.41, 5.74) is 0. The van der Waals surface area contributed by atoms with Crippen molar-refractivity contribution >= 4 is 5.78 Å². The van der Waals surface area contributed by atoms with Crippen molar-refractivity contribution in [1.82, 2.24) is 0 Å². The van der Waals surface area contributed by atoms with Gasteiger partial charge in [0.25, 0.3) is 0 Å². The highest BCUT2D eigenvalue weighted by Gasteiger charge is 2.22. The van der Waals surface area contributed by atoms with E-state index in [1.807, 2.05) is 6.08 Å². The Morgan fingerprint density at radius 2 is 2.36 bits per heavy atom. The molecule has 3 nitrogen and oxygen atoms in total. The van der Waals surface area contributed by atoms with Crippen LogP contribution in [0.4, 0.5) is 0 Å². The number of hydrogen-bond acceptors (Lipinski definition) is 3. The molecule has 0 bridgehead atoms. The van der Waals surface area contributed by atoms with Crippen molar-refractivity contribution in [1.29, 1.82) is 0 Å². The Kier molecular flexibility index (Phi) is 3.19. The highest BCUT2D eigenvalue weighted by atomic mass is 16.5. The van der Waals surface area contributed by atoms with Gasteiger partial charge in [0.2, 0.25) is 0 Å². The van der Waals surface area contributed by atoms with Crippen molar-refractivity contribution in [2.45, 2.75) is 38.2 Å². The molecule has 3 heteroatoms. The molecule has 1 unspecified atom stereocenters. The van der Waals surface area contributed by atoms with Gasteiger partial charge >= 0.3 is 0 Å². The zero-order valence-corrected chi connectivity index (χ0v) is 8.33. The van der Waals surface area contributed by atoms with Gasteiger partial charge in [0.1, 0.15) is 0 Å². The molecule has 0 aliphatic carbocycles. The standard InChI is InChI=1S/C11H16O3/c12-10(11-5-3-7-14-11)8-9-4-1-2-6-13-9/h5,9H,1-4,6-8H2. The molecule has 0 aromatic carbocycles. The fourth-order valence-corrected chi connectivity index (χ4v) is 1.89. The van der Waals surface area contributed by atoms with E-state index >= 15 is 0 Å². The molecule has 2 rings (SSSR count). The monoisotopic (exact) mass is 196 g/mol. The van der Waals surface area contributed by atoms with Gasteiger partial charge in [-0.1, -0.05) is 0 Å². The van der Waals surface area contributed by atoms with E-state index in [9.17, 15) is 4.79 Å². The van der Waals surface area contributed by atoms with Crippen LogP contribution in [0.5, 0.6) is 0 Å². The molecule has 1 saturated heterocycles. The van der Waals surface area contributed by atoms with Crippen LogP contribution in [0.3, 0.4) is 0 Å². The van der Waals surface area contributed by atoms with E-state index in [0.717, 1.165) is 25.9 Å². The molecule has 2 aliphatic rings. The summed E-state index contributed by atoms with van der Waals surface area (Å²) >= 11 is 0. The molecular formula is C11H16O3. The summed E-state index contributed by atoms with van der Waals surface area (Å²) in [5.74, 6) is 0.661. The summed E-state index contributed by atoms with van der Waals surface area (Å²) in [5, 5.41) is 0. The average molecular weight is 196 g/mol. The normalized spacial score (nSPS) is 26.9. The first kappa shape index (κ1) is 9.71. The second kappa shape index (κ2) is 4.60. The fourth-order valence-electron chi connectivity index (χ4n) is 1.89. The van der Waals surface area contributed by atoms with Gasteiger partial charge in [-0.05, 0) is 25.3 Å². The average Bonchev–Trinajstić information content (AvgIpc) is 2.72. The molecule has 14 heavy (non-hydrogen) atoms. The molecule has 1 atom stereocenters. The van der Waals surface area contributed by atoms with Crippen LogP contribution in [-0.2, 0) is 14.3 Å². The van der Waals surface area contributed by atoms with Gasteiger partial charge in [0.05, 0.1) is 12.7 Å². The van der Waals surface area contributed by atoms with Gasteiger partial charge in [-0.25, -0.2) is 0 Å². The van der Waals surface area contributed by atoms with E-state index in [-0.39, 0.29) is 11.9 Å². The second-order valence-corrected chi connectivity index (χ2v) is 3.82. The Morgan fingerprint density at radius 3 is 3.00 bits per heavy atom. The molecule has 2 heterocycles. The molecule has 78 valence electrons. The lowest BCUT2D eigenvalue weighted by Crippen LogP contribution is -2.23. The van der Waals surface area contributed by atoms with Crippen LogP contribution in [-0.4, -0.2) is 25.1 Å². The fraction of sp³-hybridized carbons (Fsp3) is 0.727. The topological polar surface area (TPSA) is 35.5 Å². The van der Waals surface area contributed by atoms with Crippen LogP contribution in [0.1, 0.15) is 32.1 Å². The Balaban J connectivity index is 1.81. The van der Waals surface area contributed by atoms with Crippen LogP contribution < -0.4 is 0 Å². The summed E-state index contributed by atoms with van der Waals surface area (Å²) in [6.45, 7) is 1.46. The van der Waals surface area contributed by atoms with Gasteiger partial charge in [0, 0.05) is 19.4 Å².